The van der Waals surface area contributed by atoms with E-state index in [-0.39, 0.29) is 17.9 Å². The molecule has 0 radical (unpaired) electrons. The molecule has 0 fully saturated rings. The van der Waals surface area contributed by atoms with Gasteiger partial charge in [0.2, 0.25) is 11.6 Å². The third-order valence-corrected chi connectivity index (χ3v) is 8.20. The van der Waals surface area contributed by atoms with Crippen LogP contribution in [0.3, 0.4) is 0 Å². The fourth-order valence-electron chi connectivity index (χ4n) is 2.16. The Morgan fingerprint density at radius 3 is 2.10 bits per heavy atom. The zero-order chi connectivity index (χ0) is 22.9. The highest BCUT2D eigenvalue weighted by molar-refractivity contribution is 8.03. The average Bonchev–Trinajstić information content (AvgIpc) is 2.68. The highest BCUT2D eigenvalue weighted by Gasteiger charge is 2.26. The van der Waals surface area contributed by atoms with Crippen LogP contribution in [0.25, 0.3) is 0 Å². The van der Waals surface area contributed by atoms with Gasteiger partial charge in [-0.1, -0.05) is 13.8 Å². The molecule has 4 nitrogen and oxygen atoms in total. The van der Waals surface area contributed by atoms with Gasteiger partial charge in [-0.3, -0.25) is 4.79 Å². The number of hydrogen-bond donors (Lipinski definition) is 0. The molecule has 30 heavy (non-hydrogen) atoms. The van der Waals surface area contributed by atoms with E-state index >= 15 is 0 Å². The molecule has 0 heterocycles. The van der Waals surface area contributed by atoms with Gasteiger partial charge >= 0.3 is 5.97 Å². The Bertz CT molecular complexity index is 801. The van der Waals surface area contributed by atoms with Crippen molar-refractivity contribution < 1.29 is 35.5 Å². The van der Waals surface area contributed by atoms with Crippen LogP contribution in [0.4, 0.5) is 17.6 Å². The van der Waals surface area contributed by atoms with E-state index < -0.39 is 50.4 Å². The van der Waals surface area contributed by atoms with Crippen LogP contribution >= 0.6 is 23.5 Å². The molecule has 0 spiro atoms. The second kappa shape index (κ2) is 12.8. The predicted molar refractivity (Wildman–Crippen MR) is 114 cm³/mol. The lowest BCUT2D eigenvalue weighted by Gasteiger charge is -2.10. The summed E-state index contributed by atoms with van der Waals surface area (Å²) in [5, 5.41) is 0. The minimum atomic E-state index is -3.03. The predicted octanol–water partition coefficient (Wildman–Crippen LogP) is 4.77. The second-order valence-corrected chi connectivity index (χ2v) is 11.7. The Kier molecular flexibility index (Phi) is 11.6. The van der Waals surface area contributed by atoms with Gasteiger partial charge in [-0.25, -0.2) is 21.6 Å². The first-order chi connectivity index (χ1) is 14.0. The second-order valence-electron chi connectivity index (χ2n) is 6.99. The Balaban J connectivity index is 2.26. The van der Waals surface area contributed by atoms with Crippen molar-refractivity contribution in [2.45, 2.75) is 33.6 Å². The summed E-state index contributed by atoms with van der Waals surface area (Å²) in [5.41, 5.74) is -0.769. The standard InChI is InChI=1S/C19H26F4O4S3/c1-12(2)5-10-30(25,26)11-9-29-8-7-28-6-4-14(24)27-19-16(21)13(3)15(20)17(22)18(19)23/h12H,4-11H2,1-3H3. The number of ether oxygens (including phenoxy) is 1. The molecule has 0 saturated heterocycles. The maximum Gasteiger partial charge on any atom is 0.312 e. The number of sulfone groups is 1. The van der Waals surface area contributed by atoms with Crippen molar-refractivity contribution in [3.63, 3.8) is 0 Å². The van der Waals surface area contributed by atoms with Crippen LogP contribution in [0.2, 0.25) is 0 Å². The molecule has 0 N–H and O–H groups in total. The Hall–Kier alpha value is -0.940. The van der Waals surface area contributed by atoms with Gasteiger partial charge in [-0.15, -0.1) is 0 Å². The number of halogens is 4. The number of carbonyl (C=O) groups excluding carboxylic acids is 1. The Morgan fingerprint density at radius 1 is 0.900 bits per heavy atom. The summed E-state index contributed by atoms with van der Waals surface area (Å²) < 4.78 is 82.2. The van der Waals surface area contributed by atoms with Gasteiger partial charge in [0.25, 0.3) is 0 Å². The highest BCUT2D eigenvalue weighted by atomic mass is 32.2. The minimum Gasteiger partial charge on any atom is -0.420 e. The van der Waals surface area contributed by atoms with Gasteiger partial charge in [0, 0.05) is 28.6 Å². The van der Waals surface area contributed by atoms with Gasteiger partial charge in [-0.2, -0.15) is 27.9 Å². The maximum atomic E-state index is 13.8. The fraction of sp³-hybridized carbons (Fsp3) is 0.632. The molecule has 11 heteroatoms. The van der Waals surface area contributed by atoms with Crippen LogP contribution in [-0.2, 0) is 14.6 Å². The van der Waals surface area contributed by atoms with E-state index in [2.05, 4.69) is 4.74 Å². The number of carbonyl (C=O) groups is 1. The van der Waals surface area contributed by atoms with E-state index in [4.69, 9.17) is 0 Å². The van der Waals surface area contributed by atoms with Crippen LogP contribution in [0.15, 0.2) is 0 Å². The molecule has 0 saturated carbocycles. The highest BCUT2D eigenvalue weighted by Crippen LogP contribution is 2.30. The monoisotopic (exact) mass is 490 g/mol. The molecule has 1 rings (SSSR count). The number of benzene rings is 1. The summed E-state index contributed by atoms with van der Waals surface area (Å²) in [6, 6.07) is 0. The van der Waals surface area contributed by atoms with Gasteiger partial charge in [0.05, 0.1) is 17.9 Å². The third kappa shape index (κ3) is 9.05. The molecule has 1 aromatic carbocycles. The van der Waals surface area contributed by atoms with E-state index in [0.717, 1.165) is 6.92 Å². The molecule has 0 aliphatic rings. The summed E-state index contributed by atoms with van der Waals surface area (Å²) in [4.78, 5) is 11.7. The van der Waals surface area contributed by atoms with Crippen molar-refractivity contribution in [2.75, 3.05) is 34.5 Å². The summed E-state index contributed by atoms with van der Waals surface area (Å²) in [7, 11) is -3.03. The van der Waals surface area contributed by atoms with Crippen LogP contribution in [0.5, 0.6) is 5.75 Å². The molecule has 0 aromatic heterocycles. The largest absolute Gasteiger partial charge is 0.420 e. The topological polar surface area (TPSA) is 60.4 Å². The fourth-order valence-corrected chi connectivity index (χ4v) is 6.34. The Morgan fingerprint density at radius 2 is 1.50 bits per heavy atom. The first-order valence-electron chi connectivity index (χ1n) is 9.35. The van der Waals surface area contributed by atoms with Gasteiger partial charge in [0.15, 0.2) is 27.3 Å². The molecule has 0 bridgehead atoms. The average molecular weight is 491 g/mol. The molecule has 0 amide bonds. The molecule has 172 valence electrons. The first kappa shape index (κ1) is 27.1. The molecule has 0 unspecified atom stereocenters. The lowest BCUT2D eigenvalue weighted by atomic mass is 10.2. The first-order valence-corrected chi connectivity index (χ1v) is 13.5. The van der Waals surface area contributed by atoms with Crippen molar-refractivity contribution in [1.29, 1.82) is 0 Å². The van der Waals surface area contributed by atoms with Crippen LogP contribution < -0.4 is 4.74 Å². The van der Waals surface area contributed by atoms with Crippen molar-refractivity contribution >= 4 is 39.3 Å². The van der Waals surface area contributed by atoms with Crippen molar-refractivity contribution in [3.05, 3.63) is 28.8 Å². The third-order valence-electron chi connectivity index (χ3n) is 4.03. The quantitative estimate of drug-likeness (QED) is 0.0991. The number of rotatable bonds is 13. The zero-order valence-corrected chi connectivity index (χ0v) is 19.6. The van der Waals surface area contributed by atoms with Crippen LogP contribution in [0, 0.1) is 36.1 Å². The zero-order valence-electron chi connectivity index (χ0n) is 17.1. The normalized spacial score (nSPS) is 11.9. The summed E-state index contributed by atoms with van der Waals surface area (Å²) in [5.74, 6) is -6.28. The number of hydrogen-bond acceptors (Lipinski definition) is 6. The SMILES string of the molecule is Cc1c(F)c(F)c(F)c(OC(=O)CCSCCSCCS(=O)(=O)CCC(C)C)c1F. The van der Waals surface area contributed by atoms with Crippen LogP contribution in [0.1, 0.15) is 32.3 Å². The lowest BCUT2D eigenvalue weighted by molar-refractivity contribution is -0.134. The van der Waals surface area contributed by atoms with E-state index in [1.165, 1.54) is 23.5 Å². The molecule has 0 aliphatic heterocycles. The van der Waals surface area contributed by atoms with Gasteiger partial charge < -0.3 is 4.74 Å². The van der Waals surface area contributed by atoms with Crippen molar-refractivity contribution in [3.8, 4) is 5.75 Å². The van der Waals surface area contributed by atoms with E-state index in [9.17, 15) is 30.8 Å². The van der Waals surface area contributed by atoms with Crippen molar-refractivity contribution in [1.82, 2.24) is 0 Å². The summed E-state index contributed by atoms with van der Waals surface area (Å²) in [6.07, 6.45) is 0.479. The molecular formula is C19H26F4O4S3. The smallest absolute Gasteiger partial charge is 0.312 e. The molecule has 0 atom stereocenters. The molecule has 1 aromatic rings. The molecule has 0 aliphatic carbocycles. The molecular weight excluding hydrogens is 464 g/mol. The summed E-state index contributed by atoms with van der Waals surface area (Å²) in [6.45, 7) is 4.86. The number of esters is 1. The van der Waals surface area contributed by atoms with Gasteiger partial charge in [-0.05, 0) is 19.3 Å². The minimum absolute atomic E-state index is 0.131. The number of thioether (sulfide) groups is 2. The van der Waals surface area contributed by atoms with E-state index in [1.807, 2.05) is 13.8 Å². The van der Waals surface area contributed by atoms with E-state index in [0.29, 0.717) is 35.4 Å². The Labute approximate surface area is 183 Å². The van der Waals surface area contributed by atoms with Crippen LogP contribution in [-0.4, -0.2) is 48.9 Å². The van der Waals surface area contributed by atoms with E-state index in [1.54, 1.807) is 0 Å². The van der Waals surface area contributed by atoms with Gasteiger partial charge in [0.1, 0.15) is 0 Å². The lowest BCUT2D eigenvalue weighted by Crippen LogP contribution is -2.14. The maximum absolute atomic E-state index is 13.8. The van der Waals surface area contributed by atoms with Crippen molar-refractivity contribution in [2.24, 2.45) is 5.92 Å². The summed E-state index contributed by atoms with van der Waals surface area (Å²) >= 11 is 2.88.